The molecule has 2 aromatic carbocycles. The minimum atomic E-state index is 0.451. The Hall–Kier alpha value is -2.67. The summed E-state index contributed by atoms with van der Waals surface area (Å²) in [5.74, 6) is 0.451. The van der Waals surface area contributed by atoms with Gasteiger partial charge in [-0.15, -0.1) is 0 Å². The van der Waals surface area contributed by atoms with E-state index in [1.54, 1.807) is 0 Å². The summed E-state index contributed by atoms with van der Waals surface area (Å²) in [6, 6.07) is 20.8. The third-order valence-electron chi connectivity index (χ3n) is 3.83. The monoisotopic (exact) mass is 299 g/mol. The summed E-state index contributed by atoms with van der Waals surface area (Å²) >= 11 is 0. The van der Waals surface area contributed by atoms with Gasteiger partial charge in [-0.2, -0.15) is 0 Å². The highest BCUT2D eigenvalue weighted by Gasteiger charge is 2.06. The SMILES string of the molecule is CC1C=CC=CC(CN=C(c2ccccc2)c2ccccc2)=C1. The first kappa shape index (κ1) is 15.2. The largest absolute Gasteiger partial charge is 0.279 e. The van der Waals surface area contributed by atoms with E-state index in [-0.39, 0.29) is 0 Å². The Labute approximate surface area is 138 Å². The van der Waals surface area contributed by atoms with E-state index in [9.17, 15) is 0 Å². The number of nitrogens with zero attached hydrogens (tertiary/aromatic N) is 1. The molecular weight excluding hydrogens is 278 g/mol. The molecule has 2 aromatic rings. The first-order valence-electron chi connectivity index (χ1n) is 8.04. The van der Waals surface area contributed by atoms with Crippen LogP contribution in [0.5, 0.6) is 0 Å². The summed E-state index contributed by atoms with van der Waals surface area (Å²) in [4.78, 5) is 4.93. The minimum Gasteiger partial charge on any atom is -0.279 e. The molecule has 0 radical (unpaired) electrons. The third-order valence-corrected chi connectivity index (χ3v) is 3.83. The van der Waals surface area contributed by atoms with Crippen LogP contribution in [0.4, 0.5) is 0 Å². The maximum Gasteiger partial charge on any atom is 0.0723 e. The zero-order valence-electron chi connectivity index (χ0n) is 13.4. The van der Waals surface area contributed by atoms with Crippen molar-refractivity contribution in [3.63, 3.8) is 0 Å². The van der Waals surface area contributed by atoms with Crippen LogP contribution in [-0.4, -0.2) is 12.3 Å². The van der Waals surface area contributed by atoms with Crippen LogP contribution in [0, 0.1) is 5.92 Å². The lowest BCUT2D eigenvalue weighted by Gasteiger charge is -2.08. The highest BCUT2D eigenvalue weighted by atomic mass is 14.7. The Bertz CT molecular complexity index is 708. The van der Waals surface area contributed by atoms with Crippen molar-refractivity contribution < 1.29 is 0 Å². The lowest BCUT2D eigenvalue weighted by Crippen LogP contribution is -2.05. The van der Waals surface area contributed by atoms with Gasteiger partial charge in [0.15, 0.2) is 0 Å². The Kier molecular flexibility index (Phi) is 5.00. The van der Waals surface area contributed by atoms with Gasteiger partial charge in [0.25, 0.3) is 0 Å². The fourth-order valence-electron chi connectivity index (χ4n) is 2.68. The molecule has 1 unspecified atom stereocenters. The fourth-order valence-corrected chi connectivity index (χ4v) is 2.68. The normalized spacial score (nSPS) is 16.6. The molecular formula is C22H21N. The van der Waals surface area contributed by atoms with E-state index < -0.39 is 0 Å². The van der Waals surface area contributed by atoms with E-state index in [1.165, 1.54) is 5.57 Å². The van der Waals surface area contributed by atoms with Gasteiger partial charge in [0.1, 0.15) is 0 Å². The molecule has 1 aliphatic rings. The zero-order chi connectivity index (χ0) is 15.9. The zero-order valence-corrected chi connectivity index (χ0v) is 13.4. The molecule has 0 saturated carbocycles. The molecule has 0 N–H and O–H groups in total. The second-order valence-electron chi connectivity index (χ2n) is 5.74. The standard InChI is InChI=1S/C22H21N/c1-18-10-8-9-11-19(16-18)17-23-22(20-12-4-2-5-13-20)21-14-6-3-7-15-21/h2-16,18H,17H2,1H3. The first-order chi connectivity index (χ1) is 11.3. The topological polar surface area (TPSA) is 12.4 Å². The Morgan fingerprint density at radius 2 is 1.48 bits per heavy atom. The maximum atomic E-state index is 4.93. The van der Waals surface area contributed by atoms with Crippen molar-refractivity contribution in [3.8, 4) is 0 Å². The molecule has 3 rings (SSSR count). The Balaban J connectivity index is 1.93. The second kappa shape index (κ2) is 7.55. The van der Waals surface area contributed by atoms with Crippen molar-refractivity contribution in [2.24, 2.45) is 10.9 Å². The summed E-state index contributed by atoms with van der Waals surface area (Å²) < 4.78 is 0. The third kappa shape index (κ3) is 4.17. The van der Waals surface area contributed by atoms with Crippen molar-refractivity contribution in [2.75, 3.05) is 6.54 Å². The van der Waals surface area contributed by atoms with E-state index in [2.05, 4.69) is 85.8 Å². The molecule has 23 heavy (non-hydrogen) atoms. The lowest BCUT2D eigenvalue weighted by molar-refractivity contribution is 0.926. The molecule has 0 spiro atoms. The molecule has 0 amide bonds. The van der Waals surface area contributed by atoms with Gasteiger partial charge in [-0.1, -0.05) is 98.0 Å². The molecule has 1 aliphatic carbocycles. The van der Waals surface area contributed by atoms with E-state index in [4.69, 9.17) is 4.99 Å². The van der Waals surface area contributed by atoms with Crippen molar-refractivity contribution in [2.45, 2.75) is 6.92 Å². The van der Waals surface area contributed by atoms with Crippen molar-refractivity contribution in [1.82, 2.24) is 0 Å². The van der Waals surface area contributed by atoms with Crippen molar-refractivity contribution >= 4 is 5.71 Å². The van der Waals surface area contributed by atoms with E-state index in [1.807, 2.05) is 12.1 Å². The first-order valence-corrected chi connectivity index (χ1v) is 8.04. The number of hydrogen-bond acceptors (Lipinski definition) is 1. The van der Waals surface area contributed by atoms with Gasteiger partial charge in [-0.3, -0.25) is 4.99 Å². The molecule has 0 bridgehead atoms. The van der Waals surface area contributed by atoms with Gasteiger partial charge >= 0.3 is 0 Å². The van der Waals surface area contributed by atoms with Crippen molar-refractivity contribution in [3.05, 3.63) is 108 Å². The smallest absolute Gasteiger partial charge is 0.0723 e. The Morgan fingerprint density at radius 1 is 0.870 bits per heavy atom. The summed E-state index contributed by atoms with van der Waals surface area (Å²) in [6.07, 6.45) is 10.8. The molecule has 0 heterocycles. The summed E-state index contributed by atoms with van der Waals surface area (Å²) in [5, 5.41) is 0. The highest BCUT2D eigenvalue weighted by molar-refractivity contribution is 6.12. The average molecular weight is 299 g/mol. The number of aliphatic imine (C=N–C) groups is 1. The van der Waals surface area contributed by atoms with E-state index >= 15 is 0 Å². The summed E-state index contributed by atoms with van der Waals surface area (Å²) in [7, 11) is 0. The van der Waals surface area contributed by atoms with E-state index in [0.717, 1.165) is 16.8 Å². The molecule has 0 aliphatic heterocycles. The maximum absolute atomic E-state index is 4.93. The average Bonchev–Trinajstić information content (AvgIpc) is 2.81. The van der Waals surface area contributed by atoms with Crippen LogP contribution in [0.1, 0.15) is 18.1 Å². The molecule has 1 nitrogen and oxygen atoms in total. The van der Waals surface area contributed by atoms with Gasteiger partial charge in [0.2, 0.25) is 0 Å². The van der Waals surface area contributed by atoms with Crippen LogP contribution < -0.4 is 0 Å². The van der Waals surface area contributed by atoms with Crippen LogP contribution >= 0.6 is 0 Å². The number of rotatable bonds is 4. The fraction of sp³-hybridized carbons (Fsp3) is 0.136. The van der Waals surface area contributed by atoms with Crippen LogP contribution in [0.3, 0.4) is 0 Å². The van der Waals surface area contributed by atoms with E-state index in [0.29, 0.717) is 12.5 Å². The molecule has 114 valence electrons. The molecule has 0 aromatic heterocycles. The van der Waals surface area contributed by atoms with Gasteiger partial charge in [0, 0.05) is 11.1 Å². The van der Waals surface area contributed by atoms with Gasteiger partial charge in [-0.05, 0) is 11.5 Å². The summed E-state index contributed by atoms with van der Waals surface area (Å²) in [6.45, 7) is 2.89. The predicted molar refractivity (Wildman–Crippen MR) is 98.9 cm³/mol. The number of hydrogen-bond donors (Lipinski definition) is 0. The highest BCUT2D eigenvalue weighted by Crippen LogP contribution is 2.14. The summed E-state index contributed by atoms with van der Waals surface area (Å²) in [5.41, 5.74) is 4.61. The predicted octanol–water partition coefficient (Wildman–Crippen LogP) is 5.21. The number of allylic oxidation sites excluding steroid dienone is 4. The van der Waals surface area contributed by atoms with Crippen LogP contribution in [-0.2, 0) is 0 Å². The molecule has 0 saturated heterocycles. The van der Waals surface area contributed by atoms with Crippen LogP contribution in [0.25, 0.3) is 0 Å². The quantitative estimate of drug-likeness (QED) is 0.687. The lowest BCUT2D eigenvalue weighted by atomic mass is 10.0. The second-order valence-corrected chi connectivity index (χ2v) is 5.74. The number of benzene rings is 2. The minimum absolute atomic E-state index is 0.451. The van der Waals surface area contributed by atoms with Crippen LogP contribution in [0.2, 0.25) is 0 Å². The van der Waals surface area contributed by atoms with Gasteiger partial charge in [0.05, 0.1) is 12.3 Å². The molecule has 0 fully saturated rings. The van der Waals surface area contributed by atoms with Crippen molar-refractivity contribution in [1.29, 1.82) is 0 Å². The molecule has 1 heteroatoms. The van der Waals surface area contributed by atoms with Gasteiger partial charge < -0.3 is 0 Å². The van der Waals surface area contributed by atoms with Gasteiger partial charge in [-0.25, -0.2) is 0 Å². The Morgan fingerprint density at radius 3 is 2.09 bits per heavy atom. The van der Waals surface area contributed by atoms with Crippen LogP contribution in [0.15, 0.2) is 102 Å². The molecule has 1 atom stereocenters.